The van der Waals surface area contributed by atoms with Gasteiger partial charge in [-0.1, -0.05) is 66.5 Å². The first-order chi connectivity index (χ1) is 12.6. The minimum atomic E-state index is -0.260. The molecule has 1 N–H and O–H groups in total. The monoisotopic (exact) mass is 389 g/mol. The molecule has 1 aromatic rings. The van der Waals surface area contributed by atoms with Crippen molar-refractivity contribution >= 4 is 46.2 Å². The molecule has 0 radical (unpaired) electrons. The summed E-state index contributed by atoms with van der Waals surface area (Å²) in [5, 5.41) is 1.79. The van der Waals surface area contributed by atoms with Gasteiger partial charge in [-0.15, -0.1) is 0 Å². The van der Waals surface area contributed by atoms with Crippen molar-refractivity contribution in [2.24, 2.45) is 0 Å². The summed E-state index contributed by atoms with van der Waals surface area (Å²) in [4.78, 5) is 26.5. The first-order valence-electron chi connectivity index (χ1n) is 8.23. The van der Waals surface area contributed by atoms with E-state index < -0.39 is 0 Å². The van der Waals surface area contributed by atoms with E-state index in [9.17, 15) is 9.59 Å². The topological polar surface area (TPSA) is 61.9 Å². The number of ether oxygens (including phenoxy) is 1. The summed E-state index contributed by atoms with van der Waals surface area (Å²) in [6.45, 7) is 2.35. The standard InChI is InChI=1S/C18H19N3O3S2/c22-16(19-20-9-11-24-12-10-20)13-21-17(23)15(26-18(21)25)8-4-7-14-5-2-1-3-6-14/h1-8H,9-13H2,(H,19,22). The molecule has 26 heavy (non-hydrogen) atoms. The predicted octanol–water partition coefficient (Wildman–Crippen LogP) is 1.81. The number of carbonyl (C=O) groups is 2. The number of morpholine rings is 1. The Morgan fingerprint density at radius 2 is 2.00 bits per heavy atom. The third kappa shape index (κ3) is 5.01. The molecule has 8 heteroatoms. The zero-order valence-electron chi connectivity index (χ0n) is 14.1. The summed E-state index contributed by atoms with van der Waals surface area (Å²) in [6.07, 6.45) is 5.46. The molecule has 2 aliphatic rings. The lowest BCUT2D eigenvalue weighted by Crippen LogP contribution is -2.51. The first-order valence-corrected chi connectivity index (χ1v) is 9.45. The van der Waals surface area contributed by atoms with Crippen LogP contribution in [0, 0.1) is 0 Å². The van der Waals surface area contributed by atoms with Gasteiger partial charge in [0.1, 0.15) is 10.9 Å². The highest BCUT2D eigenvalue weighted by molar-refractivity contribution is 8.26. The number of hydrogen-bond donors (Lipinski definition) is 1. The molecule has 2 aliphatic heterocycles. The van der Waals surface area contributed by atoms with Crippen LogP contribution in [0.5, 0.6) is 0 Å². The number of thiocarbonyl (C=S) groups is 1. The zero-order chi connectivity index (χ0) is 18.4. The second-order valence-corrected chi connectivity index (χ2v) is 7.37. The molecule has 2 saturated heterocycles. The summed E-state index contributed by atoms with van der Waals surface area (Å²) >= 11 is 6.46. The number of hydrazine groups is 1. The van der Waals surface area contributed by atoms with Crippen LogP contribution in [-0.4, -0.2) is 58.9 Å². The Balaban J connectivity index is 1.57. The number of benzene rings is 1. The predicted molar refractivity (Wildman–Crippen MR) is 106 cm³/mol. The summed E-state index contributed by atoms with van der Waals surface area (Å²) in [6, 6.07) is 9.81. The highest BCUT2D eigenvalue weighted by Crippen LogP contribution is 2.30. The van der Waals surface area contributed by atoms with Gasteiger partial charge in [0.25, 0.3) is 11.8 Å². The summed E-state index contributed by atoms with van der Waals surface area (Å²) in [5.74, 6) is -0.501. The summed E-state index contributed by atoms with van der Waals surface area (Å²) < 4.78 is 5.63. The first kappa shape index (κ1) is 18.8. The Hall–Kier alpha value is -2.00. The zero-order valence-corrected chi connectivity index (χ0v) is 15.7. The molecule has 2 fully saturated rings. The van der Waals surface area contributed by atoms with E-state index in [2.05, 4.69) is 5.43 Å². The van der Waals surface area contributed by atoms with Crippen LogP contribution < -0.4 is 5.43 Å². The molecular formula is C18H19N3O3S2. The third-order valence-corrected chi connectivity index (χ3v) is 5.20. The van der Waals surface area contributed by atoms with Crippen molar-refractivity contribution in [2.75, 3.05) is 32.8 Å². The fraction of sp³-hybridized carbons (Fsp3) is 0.278. The lowest BCUT2D eigenvalue weighted by atomic mass is 10.2. The highest BCUT2D eigenvalue weighted by atomic mass is 32.2. The maximum Gasteiger partial charge on any atom is 0.266 e. The van der Waals surface area contributed by atoms with Crippen molar-refractivity contribution in [3.05, 3.63) is 53.0 Å². The van der Waals surface area contributed by atoms with Gasteiger partial charge in [-0.05, 0) is 11.6 Å². The van der Waals surface area contributed by atoms with Crippen LogP contribution in [0.15, 0.2) is 47.4 Å². The minimum Gasteiger partial charge on any atom is -0.379 e. The molecule has 136 valence electrons. The van der Waals surface area contributed by atoms with Crippen molar-refractivity contribution in [3.63, 3.8) is 0 Å². The van der Waals surface area contributed by atoms with E-state index in [-0.39, 0.29) is 18.4 Å². The van der Waals surface area contributed by atoms with Gasteiger partial charge >= 0.3 is 0 Å². The van der Waals surface area contributed by atoms with Crippen LogP contribution in [0.1, 0.15) is 5.56 Å². The van der Waals surface area contributed by atoms with Gasteiger partial charge in [0.2, 0.25) is 0 Å². The maximum atomic E-state index is 12.5. The Bertz CT molecular complexity index is 743. The van der Waals surface area contributed by atoms with Crippen LogP contribution in [0.2, 0.25) is 0 Å². The normalized spacial score (nSPS) is 20.3. The van der Waals surface area contributed by atoms with Crippen molar-refractivity contribution in [1.29, 1.82) is 0 Å². The van der Waals surface area contributed by atoms with Gasteiger partial charge in [0.05, 0.1) is 18.1 Å². The molecule has 2 heterocycles. The maximum absolute atomic E-state index is 12.5. The number of amides is 2. The SMILES string of the molecule is O=C(CN1C(=O)C(=CC=Cc2ccccc2)SC1=S)NN1CCOCC1. The molecular weight excluding hydrogens is 370 g/mol. The van der Waals surface area contributed by atoms with Crippen LogP contribution >= 0.6 is 24.0 Å². The van der Waals surface area contributed by atoms with E-state index in [1.165, 1.54) is 16.7 Å². The Morgan fingerprint density at radius 3 is 2.73 bits per heavy atom. The van der Waals surface area contributed by atoms with Gasteiger partial charge < -0.3 is 4.74 Å². The third-order valence-electron chi connectivity index (χ3n) is 3.81. The molecule has 0 bridgehead atoms. The fourth-order valence-electron chi connectivity index (χ4n) is 2.49. The van der Waals surface area contributed by atoms with Gasteiger partial charge in [-0.25, -0.2) is 5.01 Å². The molecule has 0 aliphatic carbocycles. The van der Waals surface area contributed by atoms with E-state index in [1.54, 1.807) is 11.1 Å². The van der Waals surface area contributed by atoms with E-state index >= 15 is 0 Å². The number of allylic oxidation sites excluding steroid dienone is 2. The van der Waals surface area contributed by atoms with Gasteiger partial charge in [0, 0.05) is 13.1 Å². The van der Waals surface area contributed by atoms with Crippen molar-refractivity contribution in [2.45, 2.75) is 0 Å². The van der Waals surface area contributed by atoms with Gasteiger partial charge in [-0.2, -0.15) is 0 Å². The van der Waals surface area contributed by atoms with E-state index in [1.807, 2.05) is 42.5 Å². The molecule has 0 aromatic heterocycles. The molecule has 6 nitrogen and oxygen atoms in total. The number of carbonyl (C=O) groups excluding carboxylic acids is 2. The van der Waals surface area contributed by atoms with Crippen molar-refractivity contribution in [3.8, 4) is 0 Å². The number of rotatable bonds is 5. The number of thioether (sulfide) groups is 1. The second-order valence-electron chi connectivity index (χ2n) is 5.69. The van der Waals surface area contributed by atoms with E-state index in [0.717, 1.165) is 5.56 Å². The van der Waals surface area contributed by atoms with E-state index in [0.29, 0.717) is 35.5 Å². The number of nitrogens with zero attached hydrogens (tertiary/aromatic N) is 2. The number of hydrogen-bond acceptors (Lipinski definition) is 6. The van der Waals surface area contributed by atoms with Gasteiger partial charge in [0.15, 0.2) is 0 Å². The molecule has 0 atom stereocenters. The Labute approximate surface area is 161 Å². The van der Waals surface area contributed by atoms with Crippen LogP contribution in [0.3, 0.4) is 0 Å². The molecule has 0 saturated carbocycles. The molecule has 3 rings (SSSR count). The minimum absolute atomic E-state index is 0.0816. The van der Waals surface area contributed by atoms with Crippen LogP contribution in [0.4, 0.5) is 0 Å². The Morgan fingerprint density at radius 1 is 1.27 bits per heavy atom. The lowest BCUT2D eigenvalue weighted by Gasteiger charge is -2.27. The Kier molecular flexibility index (Phi) is 6.56. The molecule has 2 amide bonds. The van der Waals surface area contributed by atoms with Crippen LogP contribution in [-0.2, 0) is 14.3 Å². The quantitative estimate of drug-likeness (QED) is 0.612. The smallest absolute Gasteiger partial charge is 0.266 e. The average molecular weight is 390 g/mol. The fourth-order valence-corrected chi connectivity index (χ4v) is 3.70. The number of nitrogens with one attached hydrogen (secondary N) is 1. The van der Waals surface area contributed by atoms with Crippen molar-refractivity contribution < 1.29 is 14.3 Å². The average Bonchev–Trinajstić information content (AvgIpc) is 2.91. The summed E-state index contributed by atoms with van der Waals surface area (Å²) in [7, 11) is 0. The van der Waals surface area contributed by atoms with E-state index in [4.69, 9.17) is 17.0 Å². The molecule has 0 unspecified atom stereocenters. The lowest BCUT2D eigenvalue weighted by molar-refractivity contribution is -0.132. The van der Waals surface area contributed by atoms with Crippen molar-refractivity contribution in [1.82, 2.24) is 15.3 Å². The van der Waals surface area contributed by atoms with Crippen LogP contribution in [0.25, 0.3) is 6.08 Å². The summed E-state index contributed by atoms with van der Waals surface area (Å²) in [5.41, 5.74) is 3.83. The molecule has 1 aromatic carbocycles. The largest absolute Gasteiger partial charge is 0.379 e. The molecule has 0 spiro atoms. The second kappa shape index (κ2) is 9.09. The highest BCUT2D eigenvalue weighted by Gasteiger charge is 2.33. The van der Waals surface area contributed by atoms with Gasteiger partial charge in [-0.3, -0.25) is 19.9 Å².